The van der Waals surface area contributed by atoms with Crippen LogP contribution in [0.25, 0.3) is 123 Å². The first-order valence-corrected chi connectivity index (χ1v) is 23.4. The molecular formula is C64H37N3O2. The summed E-state index contributed by atoms with van der Waals surface area (Å²) in [6.07, 6.45) is 0. The average Bonchev–Trinajstić information content (AvgIpc) is 4.17. The van der Waals surface area contributed by atoms with Gasteiger partial charge in [0.05, 0.1) is 5.41 Å². The summed E-state index contributed by atoms with van der Waals surface area (Å²) in [4.78, 5) is 15.1. The first-order chi connectivity index (χ1) is 34.2. The molecule has 0 N–H and O–H groups in total. The number of para-hydroxylation sites is 2. The fourth-order valence-electron chi connectivity index (χ4n) is 11.7. The van der Waals surface area contributed by atoms with Crippen molar-refractivity contribution in [1.29, 1.82) is 0 Å². The number of nitrogens with zero attached hydrogens (tertiary/aromatic N) is 3. The molecule has 69 heavy (non-hydrogen) atoms. The van der Waals surface area contributed by atoms with Crippen molar-refractivity contribution in [2.45, 2.75) is 5.41 Å². The molecule has 0 unspecified atom stereocenters. The van der Waals surface area contributed by atoms with Crippen molar-refractivity contribution in [3.63, 3.8) is 0 Å². The second-order valence-electron chi connectivity index (χ2n) is 18.1. The van der Waals surface area contributed by atoms with Crippen LogP contribution >= 0.6 is 0 Å². The van der Waals surface area contributed by atoms with Crippen molar-refractivity contribution >= 4 is 43.9 Å². The fraction of sp³-hybridized carbons (Fsp3) is 0.0156. The van der Waals surface area contributed by atoms with E-state index in [2.05, 4.69) is 164 Å². The predicted molar refractivity (Wildman–Crippen MR) is 278 cm³/mol. The lowest BCUT2D eigenvalue weighted by Gasteiger charge is -2.31. The number of furan rings is 2. The summed E-state index contributed by atoms with van der Waals surface area (Å²) in [5, 5.41) is 4.31. The highest BCUT2D eigenvalue weighted by molar-refractivity contribution is 6.24. The number of fused-ring (bicyclic) bond motifs is 18. The van der Waals surface area contributed by atoms with Crippen LogP contribution in [0.15, 0.2) is 233 Å². The summed E-state index contributed by atoms with van der Waals surface area (Å²) in [7, 11) is 0. The number of hydrogen-bond acceptors (Lipinski definition) is 5. The van der Waals surface area contributed by atoms with E-state index in [1.807, 2.05) is 60.7 Å². The summed E-state index contributed by atoms with van der Waals surface area (Å²) in [6.45, 7) is 0. The standard InChI is InChI=1S/C64H37N3O2/c1-4-18-38(19-5-1)47-36-51-57(59-55(47)45-26-12-16-30-53(45)68-59)58-52(64(51)49-28-14-10-24-43(49)44-25-11-15-29-50(44)64)37-48(56-46-27-13-17-31-54(46)69-60(56)58)39-32-34-42(35-33-39)63-66-61(40-20-6-2-7-21-40)65-62(67-63)41-22-8-3-9-23-41/h1-37H. The Bertz CT molecular complexity index is 4130. The van der Waals surface area contributed by atoms with Crippen molar-refractivity contribution in [3.05, 3.63) is 247 Å². The number of hydrogen-bond donors (Lipinski definition) is 0. The normalized spacial score (nSPS) is 13.0. The van der Waals surface area contributed by atoms with E-state index in [1.165, 1.54) is 33.4 Å². The molecule has 0 fully saturated rings. The molecule has 0 radical (unpaired) electrons. The molecule has 0 saturated carbocycles. The van der Waals surface area contributed by atoms with Crippen molar-refractivity contribution in [2.24, 2.45) is 0 Å². The van der Waals surface area contributed by atoms with Gasteiger partial charge in [0.15, 0.2) is 17.5 Å². The van der Waals surface area contributed by atoms with E-state index in [0.29, 0.717) is 17.5 Å². The maximum absolute atomic E-state index is 7.27. The number of aromatic nitrogens is 3. The van der Waals surface area contributed by atoms with Crippen LogP contribution in [0.1, 0.15) is 22.3 Å². The molecule has 3 heterocycles. The zero-order valence-corrected chi connectivity index (χ0v) is 37.0. The Morgan fingerprint density at radius 2 is 0.638 bits per heavy atom. The van der Waals surface area contributed by atoms with Gasteiger partial charge in [-0.1, -0.05) is 200 Å². The molecule has 0 bridgehead atoms. The highest BCUT2D eigenvalue weighted by atomic mass is 16.3. The largest absolute Gasteiger partial charge is 0.455 e. The van der Waals surface area contributed by atoms with Gasteiger partial charge in [0.1, 0.15) is 22.3 Å². The van der Waals surface area contributed by atoms with E-state index >= 15 is 0 Å². The van der Waals surface area contributed by atoms with Crippen molar-refractivity contribution in [3.8, 4) is 78.7 Å². The van der Waals surface area contributed by atoms with Gasteiger partial charge in [0.2, 0.25) is 0 Å². The van der Waals surface area contributed by atoms with Crippen LogP contribution in [0.4, 0.5) is 0 Å². The van der Waals surface area contributed by atoms with E-state index in [-0.39, 0.29) is 0 Å². The topological polar surface area (TPSA) is 65.0 Å². The van der Waals surface area contributed by atoms with Gasteiger partial charge < -0.3 is 8.83 Å². The van der Waals surface area contributed by atoms with Gasteiger partial charge in [-0.15, -0.1) is 0 Å². The molecule has 320 valence electrons. The lowest BCUT2D eigenvalue weighted by atomic mass is 9.69. The fourth-order valence-corrected chi connectivity index (χ4v) is 11.7. The summed E-state index contributed by atoms with van der Waals surface area (Å²) in [6, 6.07) is 79.5. The lowest BCUT2D eigenvalue weighted by Crippen LogP contribution is -2.26. The monoisotopic (exact) mass is 879 g/mol. The predicted octanol–water partition coefficient (Wildman–Crippen LogP) is 16.3. The SMILES string of the molecule is c1ccc(-c2nc(-c3ccccc3)nc(-c3ccc(-c4cc5c(c6oc7ccccc7c46)-c4c(cc(-c6ccccc6)c6c4oc4ccccc46)C54c5ccccc5-c5ccccc54)cc3)n2)cc1. The zero-order valence-electron chi connectivity index (χ0n) is 37.0. The van der Waals surface area contributed by atoms with Crippen molar-refractivity contribution < 1.29 is 8.83 Å². The molecule has 0 atom stereocenters. The molecule has 0 saturated heterocycles. The number of rotatable bonds is 5. The van der Waals surface area contributed by atoms with E-state index in [1.54, 1.807) is 0 Å². The highest BCUT2D eigenvalue weighted by Gasteiger charge is 2.54. The third-order valence-corrected chi connectivity index (χ3v) is 14.5. The van der Waals surface area contributed by atoms with Gasteiger partial charge in [0, 0.05) is 49.4 Å². The first kappa shape index (κ1) is 38.0. The summed E-state index contributed by atoms with van der Waals surface area (Å²) in [5.41, 5.74) is 19.4. The molecule has 10 aromatic carbocycles. The van der Waals surface area contributed by atoms with Crippen LogP contribution < -0.4 is 0 Å². The molecular weight excluding hydrogens is 843 g/mol. The molecule has 5 heteroatoms. The Balaban J connectivity index is 1.04. The van der Waals surface area contributed by atoms with Gasteiger partial charge in [-0.2, -0.15) is 0 Å². The maximum atomic E-state index is 7.27. The Labute approximate surface area is 396 Å². The first-order valence-electron chi connectivity index (χ1n) is 23.4. The van der Waals surface area contributed by atoms with E-state index in [4.69, 9.17) is 23.8 Å². The van der Waals surface area contributed by atoms with Crippen molar-refractivity contribution in [1.82, 2.24) is 15.0 Å². The average molecular weight is 880 g/mol. The Morgan fingerprint density at radius 3 is 1.10 bits per heavy atom. The molecule has 3 aromatic heterocycles. The molecule has 2 aliphatic rings. The van der Waals surface area contributed by atoms with Crippen LogP contribution in [0, 0.1) is 0 Å². The smallest absolute Gasteiger partial charge is 0.164 e. The Morgan fingerprint density at radius 1 is 0.290 bits per heavy atom. The van der Waals surface area contributed by atoms with Gasteiger partial charge in [0.25, 0.3) is 0 Å². The molecule has 0 aliphatic heterocycles. The third kappa shape index (κ3) is 5.32. The second kappa shape index (κ2) is 14.4. The molecule has 1 spiro atoms. The van der Waals surface area contributed by atoms with Gasteiger partial charge in [-0.25, -0.2) is 15.0 Å². The maximum Gasteiger partial charge on any atom is 0.164 e. The van der Waals surface area contributed by atoms with Crippen LogP contribution in [0.3, 0.4) is 0 Å². The molecule has 0 amide bonds. The zero-order chi connectivity index (χ0) is 45.2. The molecule has 5 nitrogen and oxygen atoms in total. The number of benzene rings is 10. The summed E-state index contributed by atoms with van der Waals surface area (Å²) >= 11 is 0. The second-order valence-corrected chi connectivity index (χ2v) is 18.1. The van der Waals surface area contributed by atoms with Crippen LogP contribution in [0.5, 0.6) is 0 Å². The lowest BCUT2D eigenvalue weighted by molar-refractivity contribution is 0.665. The van der Waals surface area contributed by atoms with Crippen LogP contribution in [0.2, 0.25) is 0 Å². The Hall–Kier alpha value is -9.19. The third-order valence-electron chi connectivity index (χ3n) is 14.5. The minimum absolute atomic E-state index is 0.611. The van der Waals surface area contributed by atoms with Gasteiger partial charge in [-0.3, -0.25) is 0 Å². The molecule has 2 aliphatic carbocycles. The van der Waals surface area contributed by atoms with E-state index in [0.717, 1.165) is 93.9 Å². The minimum Gasteiger partial charge on any atom is -0.455 e. The molecule has 15 rings (SSSR count). The van der Waals surface area contributed by atoms with E-state index < -0.39 is 5.41 Å². The minimum atomic E-state index is -0.705. The van der Waals surface area contributed by atoms with Crippen LogP contribution in [-0.4, -0.2) is 15.0 Å². The summed E-state index contributed by atoms with van der Waals surface area (Å²) in [5.74, 6) is 1.87. The van der Waals surface area contributed by atoms with Crippen LogP contribution in [-0.2, 0) is 5.41 Å². The molecule has 13 aromatic rings. The van der Waals surface area contributed by atoms with Crippen molar-refractivity contribution in [2.75, 3.05) is 0 Å². The van der Waals surface area contributed by atoms with Gasteiger partial charge >= 0.3 is 0 Å². The van der Waals surface area contributed by atoms with E-state index in [9.17, 15) is 0 Å². The van der Waals surface area contributed by atoms with Gasteiger partial charge in [-0.05, 0) is 79.9 Å². The highest BCUT2D eigenvalue weighted by Crippen LogP contribution is 2.67. The quantitative estimate of drug-likeness (QED) is 0.172. The summed E-state index contributed by atoms with van der Waals surface area (Å²) < 4.78 is 14.5. The Kier molecular flexibility index (Phi) is 7.93.